The summed E-state index contributed by atoms with van der Waals surface area (Å²) in [6.07, 6.45) is -0.662. The smallest absolute Gasteiger partial charge is 0.171 e. The van der Waals surface area contributed by atoms with Gasteiger partial charge in [0, 0.05) is 5.56 Å². The van der Waals surface area contributed by atoms with Crippen molar-refractivity contribution in [2.45, 2.75) is 50.6 Å². The standard InChI is InChI=1S/C14H16F3O2P/c15-14(16,17)9-12-11(10-5-2-1-3-6-10)7-4-8-13(12)20(18)19/h4,7-8,10H,1-3,5-6,9H2/p+1. The minimum Gasteiger partial charge on any atom is -0.171 e. The molecule has 1 atom stereocenters. The monoisotopic (exact) mass is 305 g/mol. The largest absolute Gasteiger partial charge is 0.546 e. The van der Waals surface area contributed by atoms with E-state index >= 15 is 0 Å². The molecular formula is C14H17F3O2P+. The van der Waals surface area contributed by atoms with Gasteiger partial charge in [0.1, 0.15) is 0 Å². The second-order valence-corrected chi connectivity index (χ2v) is 6.27. The first-order valence-electron chi connectivity index (χ1n) is 6.73. The van der Waals surface area contributed by atoms with Crippen molar-refractivity contribution in [3.8, 4) is 0 Å². The summed E-state index contributed by atoms with van der Waals surface area (Å²) in [5.74, 6) is 0.0796. The molecule has 1 aromatic carbocycles. The van der Waals surface area contributed by atoms with Crippen LogP contribution in [0.3, 0.4) is 0 Å². The van der Waals surface area contributed by atoms with Gasteiger partial charge in [-0.2, -0.15) is 18.1 Å². The Bertz CT molecular complexity index is 494. The zero-order valence-corrected chi connectivity index (χ0v) is 11.9. The summed E-state index contributed by atoms with van der Waals surface area (Å²) in [7, 11) is -2.76. The first kappa shape index (κ1) is 15.5. The predicted molar refractivity (Wildman–Crippen MR) is 71.5 cm³/mol. The van der Waals surface area contributed by atoms with Gasteiger partial charge in [0.2, 0.25) is 5.30 Å². The van der Waals surface area contributed by atoms with Crippen LogP contribution in [0.4, 0.5) is 13.2 Å². The Morgan fingerprint density at radius 3 is 2.40 bits per heavy atom. The molecule has 6 heteroatoms. The third-order valence-electron chi connectivity index (χ3n) is 3.82. The van der Waals surface area contributed by atoms with Crippen LogP contribution < -0.4 is 5.30 Å². The van der Waals surface area contributed by atoms with Crippen LogP contribution in [0.2, 0.25) is 0 Å². The van der Waals surface area contributed by atoms with Crippen LogP contribution in [-0.4, -0.2) is 11.1 Å². The van der Waals surface area contributed by atoms with E-state index in [1.807, 2.05) is 0 Å². The molecular weight excluding hydrogens is 288 g/mol. The molecule has 1 fully saturated rings. The number of alkyl halides is 3. The zero-order valence-electron chi connectivity index (χ0n) is 11.0. The molecule has 0 radical (unpaired) electrons. The van der Waals surface area contributed by atoms with Crippen molar-refractivity contribution in [3.63, 3.8) is 0 Å². The van der Waals surface area contributed by atoms with E-state index in [2.05, 4.69) is 0 Å². The summed E-state index contributed by atoms with van der Waals surface area (Å²) in [5, 5.41) is -0.0691. The van der Waals surface area contributed by atoms with Crippen LogP contribution in [0.5, 0.6) is 0 Å². The fourth-order valence-corrected chi connectivity index (χ4v) is 3.61. The first-order chi connectivity index (χ1) is 9.38. The van der Waals surface area contributed by atoms with E-state index in [0.717, 1.165) is 32.1 Å². The van der Waals surface area contributed by atoms with Crippen LogP contribution in [0.15, 0.2) is 18.2 Å². The van der Waals surface area contributed by atoms with E-state index in [0.29, 0.717) is 5.56 Å². The van der Waals surface area contributed by atoms with Gasteiger partial charge < -0.3 is 0 Å². The highest BCUT2D eigenvalue weighted by Gasteiger charge is 2.36. The van der Waals surface area contributed by atoms with Gasteiger partial charge in [0.25, 0.3) is 0 Å². The molecule has 0 heterocycles. The topological polar surface area (TPSA) is 37.3 Å². The predicted octanol–water partition coefficient (Wildman–Crippen LogP) is 4.20. The van der Waals surface area contributed by atoms with Gasteiger partial charge in [-0.15, -0.1) is 0 Å². The summed E-state index contributed by atoms with van der Waals surface area (Å²) in [6.45, 7) is 0. The van der Waals surface area contributed by atoms with Crippen molar-refractivity contribution in [1.82, 2.24) is 0 Å². The number of hydrogen-bond donors (Lipinski definition) is 1. The minimum absolute atomic E-state index is 0.00973. The molecule has 1 N–H and O–H groups in total. The molecule has 0 spiro atoms. The van der Waals surface area contributed by atoms with E-state index in [4.69, 9.17) is 0 Å². The van der Waals surface area contributed by atoms with Crippen LogP contribution in [-0.2, 0) is 11.0 Å². The average Bonchev–Trinajstić information content (AvgIpc) is 2.38. The van der Waals surface area contributed by atoms with Gasteiger partial charge in [-0.1, -0.05) is 31.4 Å². The third-order valence-corrected chi connectivity index (χ3v) is 4.65. The molecule has 1 aliphatic carbocycles. The Morgan fingerprint density at radius 1 is 1.20 bits per heavy atom. The Hall–Kier alpha value is -0.930. The molecule has 0 aliphatic heterocycles. The van der Waals surface area contributed by atoms with Crippen molar-refractivity contribution >= 4 is 13.3 Å². The Morgan fingerprint density at radius 2 is 1.85 bits per heavy atom. The SMILES string of the molecule is O=[P+](O)c1cccc(C2CCCCC2)c1CC(F)(F)F. The molecule has 1 unspecified atom stereocenters. The number of benzene rings is 1. The second kappa shape index (κ2) is 6.23. The maximum Gasteiger partial charge on any atom is 0.546 e. The maximum absolute atomic E-state index is 12.8. The molecule has 1 aromatic rings. The van der Waals surface area contributed by atoms with Crippen LogP contribution in [0.1, 0.15) is 49.1 Å². The highest BCUT2D eigenvalue weighted by molar-refractivity contribution is 7.47. The lowest BCUT2D eigenvalue weighted by molar-refractivity contribution is -0.127. The molecule has 0 amide bonds. The minimum atomic E-state index is -4.37. The fraction of sp³-hybridized carbons (Fsp3) is 0.571. The Balaban J connectivity index is 2.43. The molecule has 0 saturated heterocycles. The highest BCUT2D eigenvalue weighted by Crippen LogP contribution is 2.37. The van der Waals surface area contributed by atoms with E-state index in [1.54, 1.807) is 12.1 Å². The molecule has 0 bridgehead atoms. The lowest BCUT2D eigenvalue weighted by Gasteiger charge is -2.24. The van der Waals surface area contributed by atoms with Crippen molar-refractivity contribution in [3.05, 3.63) is 29.3 Å². The van der Waals surface area contributed by atoms with E-state index in [1.165, 1.54) is 6.07 Å². The summed E-state index contributed by atoms with van der Waals surface area (Å²) in [4.78, 5) is 9.27. The molecule has 2 rings (SSSR count). The second-order valence-electron chi connectivity index (χ2n) is 5.24. The van der Waals surface area contributed by atoms with Crippen molar-refractivity contribution in [2.75, 3.05) is 0 Å². The fourth-order valence-electron chi connectivity index (χ4n) is 2.96. The van der Waals surface area contributed by atoms with Crippen LogP contribution in [0.25, 0.3) is 0 Å². The van der Waals surface area contributed by atoms with Crippen molar-refractivity contribution in [2.24, 2.45) is 0 Å². The van der Waals surface area contributed by atoms with Gasteiger partial charge in [0.15, 0.2) is 0 Å². The lowest BCUT2D eigenvalue weighted by Crippen LogP contribution is -2.21. The molecule has 0 aromatic heterocycles. The van der Waals surface area contributed by atoms with Crippen LogP contribution in [0, 0.1) is 0 Å². The molecule has 1 aliphatic rings. The summed E-state index contributed by atoms with van der Waals surface area (Å²) >= 11 is 0. The van der Waals surface area contributed by atoms with Gasteiger partial charge in [-0.25, -0.2) is 0 Å². The first-order valence-corrected chi connectivity index (χ1v) is 7.94. The summed E-state index contributed by atoms with van der Waals surface area (Å²) in [5.41, 5.74) is 0.618. The van der Waals surface area contributed by atoms with Gasteiger partial charge in [-0.3, -0.25) is 0 Å². The van der Waals surface area contributed by atoms with Crippen molar-refractivity contribution < 1.29 is 22.6 Å². The zero-order chi connectivity index (χ0) is 14.8. The van der Waals surface area contributed by atoms with Gasteiger partial charge >= 0.3 is 14.2 Å². The van der Waals surface area contributed by atoms with Gasteiger partial charge in [-0.05, 0) is 35.0 Å². The number of hydrogen-bond acceptors (Lipinski definition) is 1. The Kier molecular flexibility index (Phi) is 4.82. The van der Waals surface area contributed by atoms with E-state index in [-0.39, 0.29) is 16.8 Å². The summed E-state index contributed by atoms with van der Waals surface area (Å²) < 4.78 is 49.6. The van der Waals surface area contributed by atoms with E-state index in [9.17, 15) is 22.6 Å². The van der Waals surface area contributed by atoms with Crippen LogP contribution >= 0.6 is 8.03 Å². The number of halogens is 3. The normalized spacial score (nSPS) is 18.1. The molecule has 110 valence electrons. The number of rotatable bonds is 3. The molecule has 20 heavy (non-hydrogen) atoms. The van der Waals surface area contributed by atoms with Gasteiger partial charge in [0.05, 0.1) is 6.42 Å². The lowest BCUT2D eigenvalue weighted by atomic mass is 9.81. The highest BCUT2D eigenvalue weighted by atomic mass is 31.1. The molecule has 2 nitrogen and oxygen atoms in total. The Labute approximate surface area is 116 Å². The maximum atomic E-state index is 12.8. The quantitative estimate of drug-likeness (QED) is 0.850. The molecule has 1 saturated carbocycles. The van der Waals surface area contributed by atoms with Crippen molar-refractivity contribution in [1.29, 1.82) is 0 Å². The average molecular weight is 305 g/mol. The van der Waals surface area contributed by atoms with E-state index < -0.39 is 20.6 Å². The summed E-state index contributed by atoms with van der Waals surface area (Å²) in [6, 6.07) is 4.59. The third kappa shape index (κ3) is 3.80.